The lowest BCUT2D eigenvalue weighted by molar-refractivity contribution is 0.0996. The molecule has 5 nitrogen and oxygen atoms in total. The summed E-state index contributed by atoms with van der Waals surface area (Å²) in [5, 5.41) is 0. The van der Waals surface area contributed by atoms with E-state index in [0.29, 0.717) is 17.8 Å². The Balaban J connectivity index is 2.02. The molecule has 1 aliphatic heterocycles. The fraction of sp³-hybridized carbons (Fsp3) is 0.0833. The van der Waals surface area contributed by atoms with Gasteiger partial charge in [-0.05, 0) is 12.1 Å². The summed E-state index contributed by atoms with van der Waals surface area (Å²) in [6, 6.07) is 9.48. The van der Waals surface area contributed by atoms with E-state index in [4.69, 9.17) is 5.73 Å². The van der Waals surface area contributed by atoms with Crippen molar-refractivity contribution in [3.8, 4) is 0 Å². The van der Waals surface area contributed by atoms with Gasteiger partial charge in [-0.15, -0.1) is 0 Å². The lowest BCUT2D eigenvalue weighted by atomic mass is 10.3. The Morgan fingerprint density at radius 1 is 1.24 bits per heavy atom. The zero-order chi connectivity index (χ0) is 11.8. The number of carbonyl (C=O) groups excluding carboxylic acids is 1. The van der Waals surface area contributed by atoms with Gasteiger partial charge in [0.15, 0.2) is 0 Å². The van der Waals surface area contributed by atoms with Crippen LogP contribution in [-0.4, -0.2) is 15.9 Å². The summed E-state index contributed by atoms with van der Waals surface area (Å²) in [4.78, 5) is 21.7. The van der Waals surface area contributed by atoms with E-state index in [1.807, 2.05) is 30.3 Å². The molecule has 0 spiro atoms. The highest BCUT2D eigenvalue weighted by atomic mass is 16.2. The first kappa shape index (κ1) is 9.77. The minimum Gasteiger partial charge on any atom is -0.368 e. The third-order valence-corrected chi connectivity index (χ3v) is 2.74. The molecule has 0 saturated carbocycles. The van der Waals surface area contributed by atoms with Crippen LogP contribution in [0.15, 0.2) is 36.5 Å². The quantitative estimate of drug-likeness (QED) is 0.793. The van der Waals surface area contributed by atoms with E-state index in [-0.39, 0.29) is 11.9 Å². The number of nitrogen functional groups attached to an aromatic ring is 1. The van der Waals surface area contributed by atoms with Crippen molar-refractivity contribution in [2.24, 2.45) is 0 Å². The van der Waals surface area contributed by atoms with Crippen molar-refractivity contribution < 1.29 is 4.79 Å². The molecule has 0 unspecified atom stereocenters. The molecule has 1 aliphatic rings. The number of fused-ring (bicyclic) bond motifs is 1. The Bertz CT molecular complexity index is 582. The van der Waals surface area contributed by atoms with E-state index >= 15 is 0 Å². The van der Waals surface area contributed by atoms with Gasteiger partial charge in [0.05, 0.1) is 17.8 Å². The van der Waals surface area contributed by atoms with E-state index in [1.165, 1.54) is 6.20 Å². The zero-order valence-corrected chi connectivity index (χ0v) is 9.00. The van der Waals surface area contributed by atoms with Crippen LogP contribution >= 0.6 is 0 Å². The molecule has 1 amide bonds. The third kappa shape index (κ3) is 1.52. The lowest BCUT2D eigenvalue weighted by Crippen LogP contribution is -2.22. The Morgan fingerprint density at radius 3 is 2.76 bits per heavy atom. The summed E-state index contributed by atoms with van der Waals surface area (Å²) >= 11 is 0. The standard InChI is InChI=1S/C12H10N4O/c13-12-14-6-9-10(15-12)7-16(11(9)17)8-4-2-1-3-5-8/h1-6H,7H2,(H2,13,14,15). The Morgan fingerprint density at radius 2 is 2.00 bits per heavy atom. The van der Waals surface area contributed by atoms with Crippen LogP contribution in [0, 0.1) is 0 Å². The van der Waals surface area contributed by atoms with Gasteiger partial charge in [0, 0.05) is 11.9 Å². The fourth-order valence-corrected chi connectivity index (χ4v) is 1.92. The van der Waals surface area contributed by atoms with Crippen molar-refractivity contribution in [3.05, 3.63) is 47.8 Å². The van der Waals surface area contributed by atoms with E-state index in [1.54, 1.807) is 4.90 Å². The fourth-order valence-electron chi connectivity index (χ4n) is 1.92. The van der Waals surface area contributed by atoms with Gasteiger partial charge >= 0.3 is 0 Å². The zero-order valence-electron chi connectivity index (χ0n) is 9.00. The molecule has 0 radical (unpaired) electrons. The smallest absolute Gasteiger partial charge is 0.262 e. The molecule has 2 aromatic rings. The van der Waals surface area contributed by atoms with Crippen LogP contribution in [0.4, 0.5) is 11.6 Å². The molecular weight excluding hydrogens is 216 g/mol. The van der Waals surface area contributed by atoms with Crippen molar-refractivity contribution in [2.45, 2.75) is 6.54 Å². The van der Waals surface area contributed by atoms with E-state index < -0.39 is 0 Å². The molecule has 2 heterocycles. The largest absolute Gasteiger partial charge is 0.368 e. The maximum Gasteiger partial charge on any atom is 0.262 e. The topological polar surface area (TPSA) is 72.1 Å². The molecule has 84 valence electrons. The van der Waals surface area contributed by atoms with Crippen molar-refractivity contribution in [1.29, 1.82) is 0 Å². The molecule has 1 aromatic heterocycles. The normalized spacial score (nSPS) is 13.9. The molecule has 0 bridgehead atoms. The predicted molar refractivity (Wildman–Crippen MR) is 63.4 cm³/mol. The molecule has 5 heteroatoms. The van der Waals surface area contributed by atoms with Crippen molar-refractivity contribution in [2.75, 3.05) is 10.6 Å². The summed E-state index contributed by atoms with van der Waals surface area (Å²) in [6.07, 6.45) is 1.49. The highest BCUT2D eigenvalue weighted by Crippen LogP contribution is 2.26. The van der Waals surface area contributed by atoms with Gasteiger partial charge in [0.1, 0.15) is 0 Å². The van der Waals surface area contributed by atoms with Gasteiger partial charge in [-0.3, -0.25) is 4.79 Å². The predicted octanol–water partition coefficient (Wildman–Crippen LogP) is 1.22. The number of hydrogen-bond acceptors (Lipinski definition) is 4. The van der Waals surface area contributed by atoms with Gasteiger partial charge < -0.3 is 10.6 Å². The summed E-state index contributed by atoms with van der Waals surface area (Å²) in [5.74, 6) is 0.123. The van der Waals surface area contributed by atoms with E-state index in [2.05, 4.69) is 9.97 Å². The van der Waals surface area contributed by atoms with E-state index in [0.717, 1.165) is 5.69 Å². The number of benzene rings is 1. The molecule has 0 fully saturated rings. The maximum absolute atomic E-state index is 12.1. The number of nitrogens with two attached hydrogens (primary N) is 1. The second-order valence-electron chi connectivity index (χ2n) is 3.82. The van der Waals surface area contributed by atoms with Gasteiger partial charge in [-0.25, -0.2) is 9.97 Å². The first-order valence-corrected chi connectivity index (χ1v) is 5.24. The van der Waals surface area contributed by atoms with Crippen molar-refractivity contribution in [3.63, 3.8) is 0 Å². The number of anilines is 2. The SMILES string of the molecule is Nc1ncc2c(n1)CN(c1ccccc1)C2=O. The Hall–Kier alpha value is -2.43. The second kappa shape index (κ2) is 3.55. The average molecular weight is 226 g/mol. The minimum absolute atomic E-state index is 0.0776. The minimum atomic E-state index is -0.0776. The number of amides is 1. The Labute approximate surface area is 97.9 Å². The molecule has 0 atom stereocenters. The molecule has 17 heavy (non-hydrogen) atoms. The van der Waals surface area contributed by atoms with Crippen LogP contribution in [0.25, 0.3) is 0 Å². The number of carbonyl (C=O) groups is 1. The summed E-state index contributed by atoms with van der Waals surface area (Å²) in [7, 11) is 0. The number of aromatic nitrogens is 2. The summed E-state index contributed by atoms with van der Waals surface area (Å²) in [5.41, 5.74) is 7.58. The second-order valence-corrected chi connectivity index (χ2v) is 3.82. The number of nitrogens with zero attached hydrogens (tertiary/aromatic N) is 3. The van der Waals surface area contributed by atoms with Crippen LogP contribution in [0.2, 0.25) is 0 Å². The van der Waals surface area contributed by atoms with Crippen LogP contribution in [0.1, 0.15) is 16.1 Å². The van der Waals surface area contributed by atoms with Crippen molar-refractivity contribution in [1.82, 2.24) is 9.97 Å². The number of para-hydroxylation sites is 1. The van der Waals surface area contributed by atoms with E-state index in [9.17, 15) is 4.79 Å². The van der Waals surface area contributed by atoms with Crippen molar-refractivity contribution >= 4 is 17.5 Å². The molecule has 1 aromatic carbocycles. The average Bonchev–Trinajstić information content (AvgIpc) is 2.67. The van der Waals surface area contributed by atoms with Crippen LogP contribution in [-0.2, 0) is 6.54 Å². The monoisotopic (exact) mass is 226 g/mol. The molecule has 3 rings (SSSR count). The van der Waals surface area contributed by atoms with Gasteiger partial charge in [-0.2, -0.15) is 0 Å². The molecule has 0 aliphatic carbocycles. The molecule has 0 saturated heterocycles. The van der Waals surface area contributed by atoms with Crippen LogP contribution < -0.4 is 10.6 Å². The van der Waals surface area contributed by atoms with Gasteiger partial charge in [0.25, 0.3) is 5.91 Å². The molecule has 2 N–H and O–H groups in total. The highest BCUT2D eigenvalue weighted by molar-refractivity contribution is 6.09. The first-order chi connectivity index (χ1) is 8.25. The van der Waals surface area contributed by atoms with Crippen LogP contribution in [0.3, 0.4) is 0 Å². The lowest BCUT2D eigenvalue weighted by Gasteiger charge is -2.14. The third-order valence-electron chi connectivity index (χ3n) is 2.74. The van der Waals surface area contributed by atoms with Gasteiger partial charge in [0.2, 0.25) is 5.95 Å². The summed E-state index contributed by atoms with van der Waals surface area (Å²) < 4.78 is 0. The molecular formula is C12H10N4O. The maximum atomic E-state index is 12.1. The number of hydrogen-bond donors (Lipinski definition) is 1. The Kier molecular flexibility index (Phi) is 2.04. The first-order valence-electron chi connectivity index (χ1n) is 5.24. The number of rotatable bonds is 1. The van der Waals surface area contributed by atoms with Gasteiger partial charge in [-0.1, -0.05) is 18.2 Å². The highest BCUT2D eigenvalue weighted by Gasteiger charge is 2.30. The summed E-state index contributed by atoms with van der Waals surface area (Å²) in [6.45, 7) is 0.449. The van der Waals surface area contributed by atoms with Crippen LogP contribution in [0.5, 0.6) is 0 Å².